The number of morpholine rings is 1. The van der Waals surface area contributed by atoms with Crippen molar-refractivity contribution in [1.82, 2.24) is 25.8 Å². The van der Waals surface area contributed by atoms with Crippen molar-refractivity contribution >= 4 is 11.6 Å². The normalized spacial score (nSPS) is 26.0. The van der Waals surface area contributed by atoms with Crippen molar-refractivity contribution in [3.8, 4) is 0 Å². The van der Waals surface area contributed by atoms with E-state index in [2.05, 4.69) is 68.1 Å². The molecule has 1 aromatic rings. The van der Waals surface area contributed by atoms with Crippen LogP contribution in [0.3, 0.4) is 0 Å². The zero-order valence-corrected chi connectivity index (χ0v) is 17.0. The predicted molar refractivity (Wildman–Crippen MR) is 112 cm³/mol. The van der Waals surface area contributed by atoms with E-state index in [0.29, 0.717) is 0 Å². The van der Waals surface area contributed by atoms with E-state index >= 15 is 0 Å². The van der Waals surface area contributed by atoms with Crippen LogP contribution in [0.2, 0.25) is 0 Å². The van der Waals surface area contributed by atoms with Crippen molar-refractivity contribution in [3.05, 3.63) is 29.3 Å². The van der Waals surface area contributed by atoms with Crippen LogP contribution in [0.15, 0.2) is 23.2 Å². The first kappa shape index (κ1) is 19.4. The molecule has 28 heavy (non-hydrogen) atoms. The summed E-state index contributed by atoms with van der Waals surface area (Å²) in [5.74, 6) is 0.846. The summed E-state index contributed by atoms with van der Waals surface area (Å²) >= 11 is 0. The number of aliphatic imine (C=N–C) groups is 1. The number of benzene rings is 1. The number of nitrogens with zero attached hydrogens (tertiary/aromatic N) is 3. The maximum Gasteiger partial charge on any atom is 0.196 e. The molecule has 0 saturated carbocycles. The Labute approximate surface area is 167 Å². The lowest BCUT2D eigenvalue weighted by Crippen LogP contribution is -2.59. The van der Waals surface area contributed by atoms with Gasteiger partial charge in [0.15, 0.2) is 12.2 Å². The highest BCUT2D eigenvalue weighted by Crippen LogP contribution is 2.29. The fourth-order valence-corrected chi connectivity index (χ4v) is 4.04. The van der Waals surface area contributed by atoms with E-state index in [9.17, 15) is 0 Å². The van der Waals surface area contributed by atoms with Crippen LogP contribution in [-0.4, -0.2) is 74.8 Å². The molecule has 0 radical (unpaired) electrons. The number of hydrogen-bond acceptors (Lipinski definition) is 8. The molecule has 154 valence electrons. The minimum atomic E-state index is -0.0391. The second-order valence-corrected chi connectivity index (χ2v) is 7.83. The summed E-state index contributed by atoms with van der Waals surface area (Å²) in [5, 5.41) is 14.0. The molecule has 8 nitrogen and oxygen atoms in total. The Bertz CT molecular complexity index is 689. The summed E-state index contributed by atoms with van der Waals surface area (Å²) in [6.07, 6.45) is 1.13. The van der Waals surface area contributed by atoms with Crippen molar-refractivity contribution in [1.29, 1.82) is 0 Å². The van der Waals surface area contributed by atoms with Gasteiger partial charge in [-0.2, -0.15) is 0 Å². The molecule has 3 aliphatic heterocycles. The topological polar surface area (TPSA) is 76.2 Å². The van der Waals surface area contributed by atoms with Gasteiger partial charge in [-0.3, -0.25) is 15.1 Å². The Morgan fingerprint density at radius 1 is 1.21 bits per heavy atom. The molecule has 8 heteroatoms. The van der Waals surface area contributed by atoms with E-state index in [4.69, 9.17) is 4.74 Å². The Kier molecular flexibility index (Phi) is 6.31. The van der Waals surface area contributed by atoms with Crippen LogP contribution in [-0.2, 0) is 4.74 Å². The molecule has 2 unspecified atom stereocenters. The SMILES string of the molecule is Cc1cccc2c1NC(NC1=NCN(CCCN3CCOCC3)CN1)NC2C. The molecule has 0 bridgehead atoms. The molecule has 4 rings (SSSR count). The van der Waals surface area contributed by atoms with Crippen molar-refractivity contribution in [2.75, 3.05) is 58.0 Å². The average Bonchev–Trinajstić information content (AvgIpc) is 2.71. The third kappa shape index (κ3) is 4.75. The zero-order chi connectivity index (χ0) is 19.3. The molecule has 3 aliphatic rings. The fraction of sp³-hybridized carbons (Fsp3) is 0.650. The first-order valence-electron chi connectivity index (χ1n) is 10.4. The summed E-state index contributed by atoms with van der Waals surface area (Å²) in [4.78, 5) is 9.51. The molecule has 0 amide bonds. The molecule has 1 fully saturated rings. The Hall–Kier alpha value is -1.87. The van der Waals surface area contributed by atoms with E-state index in [1.165, 1.54) is 23.2 Å². The van der Waals surface area contributed by atoms with Gasteiger partial charge in [0.05, 0.1) is 26.6 Å². The number of anilines is 1. The van der Waals surface area contributed by atoms with Crippen molar-refractivity contribution in [2.45, 2.75) is 32.6 Å². The van der Waals surface area contributed by atoms with Gasteiger partial charge in [-0.25, -0.2) is 4.99 Å². The van der Waals surface area contributed by atoms with Crippen LogP contribution in [0, 0.1) is 6.92 Å². The molecule has 1 aromatic carbocycles. The highest BCUT2D eigenvalue weighted by Gasteiger charge is 2.25. The van der Waals surface area contributed by atoms with Crippen LogP contribution in [0.4, 0.5) is 5.69 Å². The fourth-order valence-electron chi connectivity index (χ4n) is 4.04. The van der Waals surface area contributed by atoms with Gasteiger partial charge in [-0.1, -0.05) is 18.2 Å². The third-order valence-corrected chi connectivity index (χ3v) is 5.71. The van der Waals surface area contributed by atoms with E-state index in [0.717, 1.165) is 58.7 Å². The standard InChI is InChI=1S/C20H33N7O/c1-15-5-3-6-17-16(2)23-20(24-18(15)17)25-19-21-13-27(14-22-19)8-4-7-26-9-11-28-12-10-26/h3,5-6,16,20,23-24H,4,7-14H2,1-2H3,(H2,21,22,25). The summed E-state index contributed by atoms with van der Waals surface area (Å²) in [7, 11) is 0. The highest BCUT2D eigenvalue weighted by molar-refractivity contribution is 5.81. The van der Waals surface area contributed by atoms with E-state index in [-0.39, 0.29) is 12.3 Å². The number of aryl methyl sites for hydroxylation is 1. The Morgan fingerprint density at radius 3 is 2.82 bits per heavy atom. The van der Waals surface area contributed by atoms with Gasteiger partial charge in [0, 0.05) is 31.4 Å². The highest BCUT2D eigenvalue weighted by atomic mass is 16.5. The minimum Gasteiger partial charge on any atom is -0.379 e. The lowest BCUT2D eigenvalue weighted by molar-refractivity contribution is 0.0360. The molecule has 2 atom stereocenters. The maximum atomic E-state index is 5.41. The summed E-state index contributed by atoms with van der Waals surface area (Å²) in [5.41, 5.74) is 3.79. The number of nitrogens with one attached hydrogen (secondary N) is 4. The first-order chi connectivity index (χ1) is 13.7. The van der Waals surface area contributed by atoms with E-state index in [1.54, 1.807) is 0 Å². The second-order valence-electron chi connectivity index (χ2n) is 7.83. The smallest absolute Gasteiger partial charge is 0.196 e. The molecular weight excluding hydrogens is 354 g/mol. The van der Waals surface area contributed by atoms with Crippen LogP contribution < -0.4 is 21.3 Å². The molecule has 0 aromatic heterocycles. The van der Waals surface area contributed by atoms with Crippen molar-refractivity contribution in [3.63, 3.8) is 0 Å². The molecular formula is C20H33N7O. The van der Waals surface area contributed by atoms with Gasteiger partial charge in [-0.15, -0.1) is 0 Å². The Morgan fingerprint density at radius 2 is 2.04 bits per heavy atom. The van der Waals surface area contributed by atoms with Gasteiger partial charge in [0.2, 0.25) is 0 Å². The largest absolute Gasteiger partial charge is 0.379 e. The van der Waals surface area contributed by atoms with Crippen LogP contribution >= 0.6 is 0 Å². The van der Waals surface area contributed by atoms with Crippen LogP contribution in [0.5, 0.6) is 0 Å². The van der Waals surface area contributed by atoms with Gasteiger partial charge in [0.1, 0.15) is 0 Å². The number of guanidine groups is 1. The summed E-state index contributed by atoms with van der Waals surface area (Å²) in [6.45, 7) is 12.0. The lowest BCUT2D eigenvalue weighted by Gasteiger charge is -2.36. The van der Waals surface area contributed by atoms with E-state index in [1.807, 2.05) is 0 Å². The zero-order valence-electron chi connectivity index (χ0n) is 17.0. The number of ether oxygens (including phenoxy) is 1. The van der Waals surface area contributed by atoms with Gasteiger partial charge in [-0.05, 0) is 37.9 Å². The number of fused-ring (bicyclic) bond motifs is 1. The molecule has 0 aliphatic carbocycles. The number of hydrogen-bond donors (Lipinski definition) is 4. The summed E-state index contributed by atoms with van der Waals surface area (Å²) < 4.78 is 5.41. The number of rotatable bonds is 5. The second kappa shape index (κ2) is 9.09. The monoisotopic (exact) mass is 387 g/mol. The van der Waals surface area contributed by atoms with Gasteiger partial charge in [0.25, 0.3) is 0 Å². The van der Waals surface area contributed by atoms with E-state index < -0.39 is 0 Å². The van der Waals surface area contributed by atoms with Crippen molar-refractivity contribution < 1.29 is 4.74 Å². The van der Waals surface area contributed by atoms with Crippen molar-refractivity contribution in [2.24, 2.45) is 4.99 Å². The Balaban J connectivity index is 1.23. The van der Waals surface area contributed by atoms with Crippen LogP contribution in [0.1, 0.15) is 30.5 Å². The summed E-state index contributed by atoms with van der Waals surface area (Å²) in [6, 6.07) is 6.72. The number of para-hydroxylation sites is 1. The molecule has 4 N–H and O–H groups in total. The molecule has 3 heterocycles. The lowest BCUT2D eigenvalue weighted by atomic mass is 10.0. The third-order valence-electron chi connectivity index (χ3n) is 5.71. The first-order valence-corrected chi connectivity index (χ1v) is 10.4. The van der Waals surface area contributed by atoms with Gasteiger partial charge < -0.3 is 20.7 Å². The maximum absolute atomic E-state index is 5.41. The van der Waals surface area contributed by atoms with Crippen LogP contribution in [0.25, 0.3) is 0 Å². The molecule has 0 spiro atoms. The molecule has 1 saturated heterocycles. The van der Waals surface area contributed by atoms with Gasteiger partial charge >= 0.3 is 0 Å². The average molecular weight is 388 g/mol. The quantitative estimate of drug-likeness (QED) is 0.597. The minimum absolute atomic E-state index is 0.0391. The predicted octanol–water partition coefficient (Wildman–Crippen LogP) is 0.843.